The molecule has 0 bridgehead atoms. The van der Waals surface area contributed by atoms with Gasteiger partial charge in [-0.3, -0.25) is 9.48 Å². The fourth-order valence-electron chi connectivity index (χ4n) is 4.15. The Morgan fingerprint density at radius 1 is 1.14 bits per heavy atom. The molecule has 1 unspecified atom stereocenters. The Hall–Kier alpha value is -5.17. The summed E-state index contributed by atoms with van der Waals surface area (Å²) in [6.07, 6.45) is 7.04. The molecule has 10 heteroatoms. The fraction of sp³-hybridized carbons (Fsp3) is 0.148. The van der Waals surface area contributed by atoms with Crippen molar-refractivity contribution >= 4 is 22.6 Å². The molecule has 10 nitrogen and oxygen atoms in total. The lowest BCUT2D eigenvalue weighted by atomic mass is 10.0. The molecule has 0 saturated carbocycles. The van der Waals surface area contributed by atoms with Gasteiger partial charge in [-0.05, 0) is 23.8 Å². The van der Waals surface area contributed by atoms with E-state index < -0.39 is 6.04 Å². The second kappa shape index (κ2) is 10.2. The monoisotopic (exact) mass is 493 g/mol. The number of carbonyl (C=O) groups is 1. The van der Waals surface area contributed by atoms with Crippen LogP contribution < -0.4 is 14.8 Å². The van der Waals surface area contributed by atoms with Crippen LogP contribution in [0.25, 0.3) is 22.3 Å². The predicted molar refractivity (Wildman–Crippen MR) is 137 cm³/mol. The van der Waals surface area contributed by atoms with Crippen LogP contribution in [0.5, 0.6) is 11.5 Å². The van der Waals surface area contributed by atoms with E-state index in [-0.39, 0.29) is 12.3 Å². The number of nitrogens with one attached hydrogen (secondary N) is 2. The number of nitrogens with zero attached hydrogens (tertiary/aromatic N) is 5. The number of rotatable bonds is 8. The zero-order valence-electron chi connectivity index (χ0n) is 20.2. The highest BCUT2D eigenvalue weighted by molar-refractivity contribution is 6.04. The number of hydrogen-bond acceptors (Lipinski definition) is 7. The van der Waals surface area contributed by atoms with Gasteiger partial charge < -0.3 is 19.8 Å². The van der Waals surface area contributed by atoms with Crippen LogP contribution in [0, 0.1) is 11.3 Å². The second-order valence-electron chi connectivity index (χ2n) is 8.23. The highest BCUT2D eigenvalue weighted by atomic mass is 16.5. The number of methoxy groups -OCH3 is 2. The van der Waals surface area contributed by atoms with Gasteiger partial charge in [0.05, 0.1) is 44.6 Å². The number of ether oxygens (including phenoxy) is 2. The molecule has 3 heterocycles. The molecule has 3 aromatic heterocycles. The Kier molecular flexibility index (Phi) is 6.50. The molecule has 0 aliphatic rings. The van der Waals surface area contributed by atoms with E-state index in [0.717, 1.165) is 27.9 Å². The van der Waals surface area contributed by atoms with E-state index in [2.05, 4.69) is 31.4 Å². The molecule has 1 amide bonds. The van der Waals surface area contributed by atoms with Crippen LogP contribution in [0.15, 0.2) is 73.4 Å². The zero-order valence-corrected chi connectivity index (χ0v) is 20.2. The van der Waals surface area contributed by atoms with Crippen molar-refractivity contribution < 1.29 is 14.3 Å². The van der Waals surface area contributed by atoms with Gasteiger partial charge in [-0.2, -0.15) is 10.4 Å². The number of amides is 1. The largest absolute Gasteiger partial charge is 0.497 e. The van der Waals surface area contributed by atoms with Crippen LogP contribution in [-0.4, -0.2) is 44.9 Å². The van der Waals surface area contributed by atoms with E-state index in [0.29, 0.717) is 22.7 Å². The van der Waals surface area contributed by atoms with E-state index in [9.17, 15) is 10.1 Å². The fourth-order valence-corrected chi connectivity index (χ4v) is 4.15. The molecule has 0 saturated heterocycles. The molecule has 0 aliphatic heterocycles. The summed E-state index contributed by atoms with van der Waals surface area (Å²) in [5.41, 5.74) is 4.04. The quantitative estimate of drug-likeness (QED) is 0.323. The number of H-pyrrole nitrogens is 1. The minimum absolute atomic E-state index is 0.169. The van der Waals surface area contributed by atoms with Crippen molar-refractivity contribution in [1.29, 1.82) is 5.26 Å². The summed E-state index contributed by atoms with van der Waals surface area (Å²) in [6, 6.07) is 16.1. The minimum atomic E-state index is -0.396. The molecule has 5 aromatic rings. The van der Waals surface area contributed by atoms with Crippen LogP contribution in [0.4, 0.5) is 5.69 Å². The Balaban J connectivity index is 1.43. The third kappa shape index (κ3) is 4.83. The smallest absolute Gasteiger partial charge is 0.255 e. The number of hydrogen-bond donors (Lipinski definition) is 2. The average Bonchev–Trinajstić information content (AvgIpc) is 3.61. The molecule has 0 radical (unpaired) electrons. The Labute approximate surface area is 212 Å². The first-order valence-corrected chi connectivity index (χ1v) is 11.4. The maximum absolute atomic E-state index is 13.1. The van der Waals surface area contributed by atoms with Crippen molar-refractivity contribution in [2.75, 3.05) is 19.5 Å². The topological polar surface area (TPSA) is 131 Å². The summed E-state index contributed by atoms with van der Waals surface area (Å²) in [5.74, 6) is 0.824. The first-order chi connectivity index (χ1) is 18.1. The molecular weight excluding hydrogens is 470 g/mol. The lowest BCUT2D eigenvalue weighted by Crippen LogP contribution is -2.15. The Morgan fingerprint density at radius 3 is 2.70 bits per heavy atom. The normalized spacial score (nSPS) is 11.6. The maximum atomic E-state index is 13.1. The van der Waals surface area contributed by atoms with E-state index in [1.165, 1.54) is 6.33 Å². The van der Waals surface area contributed by atoms with E-state index in [1.807, 2.05) is 24.5 Å². The van der Waals surface area contributed by atoms with Gasteiger partial charge in [-0.15, -0.1) is 0 Å². The van der Waals surface area contributed by atoms with Crippen molar-refractivity contribution in [2.45, 2.75) is 12.5 Å². The number of carbonyl (C=O) groups excluding carboxylic acids is 1. The standard InChI is InChI=1S/C27H23N7O3/c1-36-21-11-20(12-22(13-21)37-2)33-27(35)18-5-3-4-17(10-18)24(6-8-28)34-15-19(14-32-34)25-23-7-9-29-26(23)31-16-30-25/h3-5,7,9-16,24H,6H2,1-2H3,(H,33,35)(H,29,30,31). The zero-order chi connectivity index (χ0) is 25.8. The van der Waals surface area contributed by atoms with Crippen LogP contribution in [0.1, 0.15) is 28.4 Å². The summed E-state index contributed by atoms with van der Waals surface area (Å²) in [4.78, 5) is 24.8. The van der Waals surface area contributed by atoms with Gasteiger partial charge in [-0.1, -0.05) is 12.1 Å². The molecule has 0 aliphatic carbocycles. The van der Waals surface area contributed by atoms with Gasteiger partial charge in [0.1, 0.15) is 23.5 Å². The third-order valence-corrected chi connectivity index (χ3v) is 5.98. The van der Waals surface area contributed by atoms with Crippen LogP contribution in [-0.2, 0) is 0 Å². The summed E-state index contributed by atoms with van der Waals surface area (Å²) in [5, 5.41) is 17.8. The molecule has 2 aromatic carbocycles. The van der Waals surface area contributed by atoms with Crippen LogP contribution in [0.3, 0.4) is 0 Å². The molecule has 0 spiro atoms. The van der Waals surface area contributed by atoms with Gasteiger partial charge >= 0.3 is 0 Å². The van der Waals surface area contributed by atoms with E-state index in [1.54, 1.807) is 61.5 Å². The predicted octanol–water partition coefficient (Wildman–Crippen LogP) is 4.59. The number of aromatic amines is 1. The van der Waals surface area contributed by atoms with Gasteiger partial charge in [0.2, 0.25) is 0 Å². The van der Waals surface area contributed by atoms with E-state index in [4.69, 9.17) is 9.47 Å². The first kappa shape index (κ1) is 23.6. The summed E-state index contributed by atoms with van der Waals surface area (Å²) in [6.45, 7) is 0. The van der Waals surface area contributed by atoms with Crippen molar-refractivity contribution in [3.05, 3.63) is 84.6 Å². The molecular formula is C27H23N7O3. The lowest BCUT2D eigenvalue weighted by Gasteiger charge is -2.16. The van der Waals surface area contributed by atoms with Crippen LogP contribution in [0.2, 0.25) is 0 Å². The summed E-state index contributed by atoms with van der Waals surface area (Å²) < 4.78 is 12.3. The first-order valence-electron chi connectivity index (χ1n) is 11.4. The third-order valence-electron chi connectivity index (χ3n) is 5.98. The van der Waals surface area contributed by atoms with Gasteiger partial charge in [0.25, 0.3) is 5.91 Å². The minimum Gasteiger partial charge on any atom is -0.497 e. The molecule has 2 N–H and O–H groups in total. The van der Waals surface area contributed by atoms with Gasteiger partial charge in [0, 0.05) is 52.8 Å². The van der Waals surface area contributed by atoms with Crippen molar-refractivity contribution in [3.63, 3.8) is 0 Å². The van der Waals surface area contributed by atoms with Crippen molar-refractivity contribution in [1.82, 2.24) is 24.7 Å². The van der Waals surface area contributed by atoms with E-state index >= 15 is 0 Å². The number of aromatic nitrogens is 5. The highest BCUT2D eigenvalue weighted by Gasteiger charge is 2.19. The summed E-state index contributed by atoms with van der Waals surface area (Å²) in [7, 11) is 3.09. The van der Waals surface area contributed by atoms with Crippen molar-refractivity contribution in [3.8, 4) is 28.8 Å². The molecule has 0 fully saturated rings. The Morgan fingerprint density at radius 2 is 1.95 bits per heavy atom. The lowest BCUT2D eigenvalue weighted by molar-refractivity contribution is 0.102. The van der Waals surface area contributed by atoms with Crippen LogP contribution >= 0.6 is 0 Å². The Bertz CT molecular complexity index is 1590. The molecule has 5 rings (SSSR count). The molecule has 184 valence electrons. The number of nitriles is 1. The molecule has 37 heavy (non-hydrogen) atoms. The number of benzene rings is 2. The van der Waals surface area contributed by atoms with Crippen molar-refractivity contribution in [2.24, 2.45) is 0 Å². The molecule has 1 atom stereocenters. The highest BCUT2D eigenvalue weighted by Crippen LogP contribution is 2.29. The second-order valence-corrected chi connectivity index (χ2v) is 8.23. The maximum Gasteiger partial charge on any atom is 0.255 e. The number of fused-ring (bicyclic) bond motifs is 1. The summed E-state index contributed by atoms with van der Waals surface area (Å²) >= 11 is 0. The SMILES string of the molecule is COc1cc(NC(=O)c2cccc(C(CC#N)n3cc(-c4ncnc5[nH]ccc45)cn3)c2)cc(OC)c1. The van der Waals surface area contributed by atoms with Gasteiger partial charge in [-0.25, -0.2) is 9.97 Å². The average molecular weight is 494 g/mol. The van der Waals surface area contributed by atoms with Gasteiger partial charge in [0.15, 0.2) is 0 Å². The number of anilines is 1.